The zero-order valence-electron chi connectivity index (χ0n) is 12.5. The molecule has 6 nitrogen and oxygen atoms in total. The van der Waals surface area contributed by atoms with Crippen molar-refractivity contribution in [3.63, 3.8) is 0 Å². The number of aromatic nitrogens is 6. The molecule has 3 rings (SSSR count). The van der Waals surface area contributed by atoms with Crippen molar-refractivity contribution in [1.82, 2.24) is 30.2 Å². The fraction of sp³-hybridized carbons (Fsp3) is 0.267. The van der Waals surface area contributed by atoms with Gasteiger partial charge in [0.2, 0.25) is 5.16 Å². The molecule has 2 heterocycles. The van der Waals surface area contributed by atoms with Crippen LogP contribution in [0.15, 0.2) is 41.9 Å². The highest BCUT2D eigenvalue weighted by Gasteiger charge is 2.11. The Morgan fingerprint density at radius 3 is 2.91 bits per heavy atom. The third-order valence-electron chi connectivity index (χ3n) is 3.45. The summed E-state index contributed by atoms with van der Waals surface area (Å²) < 4.78 is 1.80. The Balaban J connectivity index is 1.74. The summed E-state index contributed by atoms with van der Waals surface area (Å²) in [5.74, 6) is 0.851. The lowest BCUT2D eigenvalue weighted by atomic mass is 10.1. The van der Waals surface area contributed by atoms with Gasteiger partial charge in [-0.15, -0.1) is 5.10 Å². The number of aryl methyl sites for hydroxylation is 2. The van der Waals surface area contributed by atoms with Gasteiger partial charge in [0.25, 0.3) is 0 Å². The van der Waals surface area contributed by atoms with E-state index >= 15 is 0 Å². The monoisotopic (exact) mass is 312 g/mol. The molecule has 0 spiro atoms. The Labute approximate surface area is 133 Å². The van der Waals surface area contributed by atoms with E-state index in [0.29, 0.717) is 0 Å². The molecule has 7 heteroatoms. The van der Waals surface area contributed by atoms with Gasteiger partial charge in [0, 0.05) is 30.8 Å². The Kier molecular flexibility index (Phi) is 4.43. The molecule has 0 aliphatic heterocycles. The fourth-order valence-corrected chi connectivity index (χ4v) is 2.94. The molecule has 3 aromatic rings. The summed E-state index contributed by atoms with van der Waals surface area (Å²) in [6.45, 7) is 4.17. The van der Waals surface area contributed by atoms with Crippen molar-refractivity contribution in [2.75, 3.05) is 5.75 Å². The Morgan fingerprint density at radius 1 is 1.18 bits per heavy atom. The summed E-state index contributed by atoms with van der Waals surface area (Å²) in [6.07, 6.45) is 6.00. The summed E-state index contributed by atoms with van der Waals surface area (Å²) in [7, 11) is 0. The van der Waals surface area contributed by atoms with Gasteiger partial charge < -0.3 is 0 Å². The molecule has 2 aromatic heterocycles. The molecule has 0 amide bonds. The van der Waals surface area contributed by atoms with Crippen molar-refractivity contribution in [3.05, 3.63) is 53.6 Å². The van der Waals surface area contributed by atoms with E-state index in [0.717, 1.165) is 28.7 Å². The molecule has 0 saturated heterocycles. The largest absolute Gasteiger partial charge is 0.261 e. The first kappa shape index (κ1) is 14.6. The molecule has 0 radical (unpaired) electrons. The van der Waals surface area contributed by atoms with E-state index in [-0.39, 0.29) is 0 Å². The first-order chi connectivity index (χ1) is 10.8. The number of rotatable bonds is 5. The molecular weight excluding hydrogens is 296 g/mol. The SMILES string of the molecule is Cc1cccc(-n2nnnc2SCCc2cnccn2)c1C. The number of benzene rings is 1. The highest BCUT2D eigenvalue weighted by molar-refractivity contribution is 7.99. The molecule has 22 heavy (non-hydrogen) atoms. The maximum atomic E-state index is 4.27. The number of thioether (sulfide) groups is 1. The van der Waals surface area contributed by atoms with Crippen LogP contribution in [0.25, 0.3) is 5.69 Å². The summed E-state index contributed by atoms with van der Waals surface area (Å²) in [6, 6.07) is 6.14. The lowest BCUT2D eigenvalue weighted by Gasteiger charge is -2.09. The molecule has 0 fully saturated rings. The Morgan fingerprint density at radius 2 is 2.09 bits per heavy atom. The topological polar surface area (TPSA) is 69.4 Å². The molecule has 0 N–H and O–H groups in total. The first-order valence-electron chi connectivity index (χ1n) is 6.98. The average molecular weight is 312 g/mol. The fourth-order valence-electron chi connectivity index (χ4n) is 2.09. The van der Waals surface area contributed by atoms with Crippen LogP contribution in [0.5, 0.6) is 0 Å². The van der Waals surface area contributed by atoms with Gasteiger partial charge in [-0.25, -0.2) is 0 Å². The second-order valence-corrected chi connectivity index (χ2v) is 5.95. The van der Waals surface area contributed by atoms with Crippen molar-refractivity contribution >= 4 is 11.8 Å². The normalized spacial score (nSPS) is 10.8. The molecule has 0 aliphatic rings. The molecule has 0 aliphatic carbocycles. The molecule has 0 unspecified atom stereocenters. The number of hydrogen-bond donors (Lipinski definition) is 0. The number of hydrogen-bond acceptors (Lipinski definition) is 6. The summed E-state index contributed by atoms with van der Waals surface area (Å²) in [5.41, 5.74) is 4.40. The third-order valence-corrected chi connectivity index (χ3v) is 4.37. The van der Waals surface area contributed by atoms with Crippen molar-refractivity contribution in [1.29, 1.82) is 0 Å². The summed E-state index contributed by atoms with van der Waals surface area (Å²) >= 11 is 1.62. The Bertz CT molecular complexity index is 756. The van der Waals surface area contributed by atoms with Gasteiger partial charge in [0.15, 0.2) is 0 Å². The van der Waals surface area contributed by atoms with Crippen LogP contribution in [0, 0.1) is 13.8 Å². The average Bonchev–Trinajstić information content (AvgIpc) is 2.99. The van der Waals surface area contributed by atoms with E-state index in [1.807, 2.05) is 12.1 Å². The highest BCUT2D eigenvalue weighted by atomic mass is 32.2. The van der Waals surface area contributed by atoms with Crippen LogP contribution in [0.1, 0.15) is 16.8 Å². The molecule has 112 valence electrons. The van der Waals surface area contributed by atoms with Gasteiger partial charge in [-0.05, 0) is 41.5 Å². The van der Waals surface area contributed by atoms with Gasteiger partial charge in [0.1, 0.15) is 0 Å². The van der Waals surface area contributed by atoms with E-state index in [4.69, 9.17) is 0 Å². The van der Waals surface area contributed by atoms with Crippen LogP contribution in [0.4, 0.5) is 0 Å². The van der Waals surface area contributed by atoms with Gasteiger partial charge in [0.05, 0.1) is 11.4 Å². The van der Waals surface area contributed by atoms with Gasteiger partial charge in [-0.2, -0.15) is 4.68 Å². The molecule has 1 aromatic carbocycles. The van der Waals surface area contributed by atoms with E-state index in [1.165, 1.54) is 11.1 Å². The molecular formula is C15H16N6S. The van der Waals surface area contributed by atoms with Crippen molar-refractivity contribution in [2.24, 2.45) is 0 Å². The van der Waals surface area contributed by atoms with E-state index in [9.17, 15) is 0 Å². The standard InChI is InChI=1S/C15H16N6S/c1-11-4-3-5-14(12(11)2)21-15(18-19-20-21)22-9-6-13-10-16-7-8-17-13/h3-5,7-8,10H,6,9H2,1-2H3. The summed E-state index contributed by atoms with van der Waals surface area (Å²) in [5, 5.41) is 12.8. The van der Waals surface area contributed by atoms with E-state index in [1.54, 1.807) is 35.0 Å². The maximum Gasteiger partial charge on any atom is 0.214 e. The summed E-state index contributed by atoms with van der Waals surface area (Å²) in [4.78, 5) is 8.34. The minimum absolute atomic E-state index is 0.789. The highest BCUT2D eigenvalue weighted by Crippen LogP contribution is 2.22. The molecule has 0 saturated carbocycles. The minimum atomic E-state index is 0.789. The van der Waals surface area contributed by atoms with Crippen LogP contribution in [-0.2, 0) is 6.42 Å². The van der Waals surface area contributed by atoms with Crippen molar-refractivity contribution in [2.45, 2.75) is 25.4 Å². The van der Waals surface area contributed by atoms with Crippen LogP contribution in [0.3, 0.4) is 0 Å². The van der Waals surface area contributed by atoms with Crippen LogP contribution in [-0.4, -0.2) is 35.9 Å². The Hall–Kier alpha value is -2.28. The van der Waals surface area contributed by atoms with Crippen LogP contribution in [0.2, 0.25) is 0 Å². The zero-order valence-corrected chi connectivity index (χ0v) is 13.3. The first-order valence-corrected chi connectivity index (χ1v) is 7.97. The maximum absolute atomic E-state index is 4.27. The lowest BCUT2D eigenvalue weighted by Crippen LogP contribution is -2.03. The quantitative estimate of drug-likeness (QED) is 0.674. The van der Waals surface area contributed by atoms with E-state index in [2.05, 4.69) is 45.4 Å². The van der Waals surface area contributed by atoms with Crippen molar-refractivity contribution in [3.8, 4) is 5.69 Å². The van der Waals surface area contributed by atoms with Gasteiger partial charge >= 0.3 is 0 Å². The predicted octanol–water partition coefficient (Wildman–Crippen LogP) is 2.40. The smallest absolute Gasteiger partial charge is 0.214 e. The predicted molar refractivity (Wildman–Crippen MR) is 85.1 cm³/mol. The van der Waals surface area contributed by atoms with Gasteiger partial charge in [-0.1, -0.05) is 23.9 Å². The molecule has 0 bridgehead atoms. The van der Waals surface area contributed by atoms with Gasteiger partial charge in [-0.3, -0.25) is 9.97 Å². The lowest BCUT2D eigenvalue weighted by molar-refractivity contribution is 0.750. The zero-order chi connectivity index (χ0) is 15.4. The van der Waals surface area contributed by atoms with E-state index < -0.39 is 0 Å². The second-order valence-electron chi connectivity index (χ2n) is 4.89. The number of tetrazole rings is 1. The van der Waals surface area contributed by atoms with Crippen molar-refractivity contribution < 1.29 is 0 Å². The third kappa shape index (κ3) is 3.14. The minimum Gasteiger partial charge on any atom is -0.261 e. The number of nitrogens with zero attached hydrogens (tertiary/aromatic N) is 6. The van der Waals surface area contributed by atoms with Crippen LogP contribution >= 0.6 is 11.8 Å². The van der Waals surface area contributed by atoms with Crippen LogP contribution < -0.4 is 0 Å². The second kappa shape index (κ2) is 6.65. The molecule has 0 atom stereocenters.